The third-order valence-electron chi connectivity index (χ3n) is 3.66. The molecule has 2 fully saturated rings. The lowest BCUT2D eigenvalue weighted by atomic mass is 9.92. The maximum absolute atomic E-state index is 12.0. The van der Waals surface area contributed by atoms with Gasteiger partial charge in [-0.05, 0) is 46.5 Å². The first kappa shape index (κ1) is 14.2. The van der Waals surface area contributed by atoms with Gasteiger partial charge >= 0.3 is 6.09 Å². The zero-order valence-corrected chi connectivity index (χ0v) is 12.1. The predicted octanol–water partition coefficient (Wildman–Crippen LogP) is 1.91. The fourth-order valence-corrected chi connectivity index (χ4v) is 2.34. The van der Waals surface area contributed by atoms with E-state index in [0.717, 1.165) is 19.3 Å². The largest absolute Gasteiger partial charge is 0.444 e. The number of amides is 2. The summed E-state index contributed by atoms with van der Waals surface area (Å²) in [7, 11) is 0. The summed E-state index contributed by atoms with van der Waals surface area (Å²) in [5.74, 6) is 0.0175. The van der Waals surface area contributed by atoms with Crippen LogP contribution < -0.4 is 5.32 Å². The molecule has 2 amide bonds. The van der Waals surface area contributed by atoms with E-state index in [1.54, 1.807) is 4.90 Å². The number of hydrogen-bond donors (Lipinski definition) is 1. The van der Waals surface area contributed by atoms with Gasteiger partial charge in [0, 0.05) is 19.1 Å². The van der Waals surface area contributed by atoms with E-state index in [0.29, 0.717) is 19.1 Å². The number of carbonyl (C=O) groups excluding carboxylic acids is 2. The van der Waals surface area contributed by atoms with Crippen LogP contribution in [0.15, 0.2) is 0 Å². The van der Waals surface area contributed by atoms with Crippen molar-refractivity contribution in [3.8, 4) is 0 Å². The molecule has 0 bridgehead atoms. The number of ether oxygens (including phenoxy) is 1. The highest BCUT2D eigenvalue weighted by atomic mass is 16.6. The molecule has 0 unspecified atom stereocenters. The number of rotatable bonds is 2. The van der Waals surface area contributed by atoms with E-state index in [9.17, 15) is 9.59 Å². The third-order valence-corrected chi connectivity index (χ3v) is 3.66. The molecule has 1 heterocycles. The van der Waals surface area contributed by atoms with Crippen LogP contribution in [0, 0.1) is 5.92 Å². The van der Waals surface area contributed by atoms with Gasteiger partial charge in [0.15, 0.2) is 0 Å². The molecule has 5 heteroatoms. The van der Waals surface area contributed by atoms with E-state index < -0.39 is 5.60 Å². The quantitative estimate of drug-likeness (QED) is 0.832. The van der Waals surface area contributed by atoms with Gasteiger partial charge in [-0.1, -0.05) is 0 Å². The number of nitrogens with zero attached hydrogens (tertiary/aromatic N) is 1. The van der Waals surface area contributed by atoms with Crippen molar-refractivity contribution in [1.82, 2.24) is 10.2 Å². The van der Waals surface area contributed by atoms with Crippen molar-refractivity contribution in [2.45, 2.75) is 58.1 Å². The molecular weight excluding hydrogens is 244 g/mol. The maximum atomic E-state index is 12.0. The Morgan fingerprint density at radius 2 is 1.89 bits per heavy atom. The van der Waals surface area contributed by atoms with E-state index in [1.807, 2.05) is 20.8 Å². The molecule has 19 heavy (non-hydrogen) atoms. The van der Waals surface area contributed by atoms with Crippen molar-refractivity contribution in [2.24, 2.45) is 5.92 Å². The summed E-state index contributed by atoms with van der Waals surface area (Å²) in [6.07, 6.45) is 3.81. The van der Waals surface area contributed by atoms with Crippen LogP contribution in [-0.4, -0.2) is 41.6 Å². The maximum Gasteiger partial charge on any atom is 0.410 e. The molecular formula is C14H24N2O3. The Morgan fingerprint density at radius 3 is 2.42 bits per heavy atom. The minimum atomic E-state index is -0.483. The molecule has 0 aromatic rings. The molecule has 2 aliphatic rings. The van der Waals surface area contributed by atoms with Crippen molar-refractivity contribution in [3.05, 3.63) is 0 Å². The summed E-state index contributed by atoms with van der Waals surface area (Å²) < 4.78 is 5.32. The molecule has 2 rings (SSSR count). The van der Waals surface area contributed by atoms with Gasteiger partial charge < -0.3 is 15.0 Å². The molecule has 5 nitrogen and oxygen atoms in total. The Morgan fingerprint density at radius 1 is 1.21 bits per heavy atom. The van der Waals surface area contributed by atoms with Crippen molar-refractivity contribution >= 4 is 12.0 Å². The highest BCUT2D eigenvalue weighted by Gasteiger charge is 2.34. The number of hydrogen-bond acceptors (Lipinski definition) is 3. The van der Waals surface area contributed by atoms with Gasteiger partial charge in [0.05, 0.1) is 5.92 Å². The summed E-state index contributed by atoms with van der Waals surface area (Å²) in [5, 5.41) is 3.05. The topological polar surface area (TPSA) is 58.6 Å². The molecule has 0 spiro atoms. The number of carbonyl (C=O) groups is 2. The Kier molecular flexibility index (Phi) is 4.02. The fourth-order valence-electron chi connectivity index (χ4n) is 2.34. The van der Waals surface area contributed by atoms with Crippen molar-refractivity contribution in [1.29, 1.82) is 0 Å². The van der Waals surface area contributed by atoms with Crippen LogP contribution in [-0.2, 0) is 9.53 Å². The lowest BCUT2D eigenvalue weighted by molar-refractivity contribution is -0.125. The first-order chi connectivity index (χ1) is 8.85. The van der Waals surface area contributed by atoms with Gasteiger partial charge in [-0.15, -0.1) is 0 Å². The summed E-state index contributed by atoms with van der Waals surface area (Å²) >= 11 is 0. The average Bonchev–Trinajstić information content (AvgIpc) is 2.69. The van der Waals surface area contributed by atoms with Gasteiger partial charge in [0.1, 0.15) is 5.60 Å². The third kappa shape index (κ3) is 3.85. The molecule has 1 aliphatic heterocycles. The van der Waals surface area contributed by atoms with E-state index in [4.69, 9.17) is 4.74 Å². The van der Waals surface area contributed by atoms with Crippen LogP contribution in [0.1, 0.15) is 46.5 Å². The second kappa shape index (κ2) is 5.39. The van der Waals surface area contributed by atoms with E-state index in [2.05, 4.69) is 5.32 Å². The first-order valence-electron chi connectivity index (χ1n) is 7.13. The van der Waals surface area contributed by atoms with Crippen LogP contribution in [0.25, 0.3) is 0 Å². The summed E-state index contributed by atoms with van der Waals surface area (Å²) in [5.41, 5.74) is -0.483. The van der Waals surface area contributed by atoms with E-state index in [-0.39, 0.29) is 17.9 Å². The molecule has 1 aliphatic carbocycles. The fraction of sp³-hybridized carbons (Fsp3) is 0.857. The molecule has 0 aromatic heterocycles. The Hall–Kier alpha value is -1.26. The smallest absolute Gasteiger partial charge is 0.410 e. The first-order valence-corrected chi connectivity index (χ1v) is 7.13. The lowest BCUT2D eigenvalue weighted by Crippen LogP contribution is -2.43. The van der Waals surface area contributed by atoms with Gasteiger partial charge in [-0.2, -0.15) is 0 Å². The van der Waals surface area contributed by atoms with Crippen LogP contribution in [0.4, 0.5) is 4.79 Å². The number of likely N-dealkylation sites (tertiary alicyclic amines) is 1. The van der Waals surface area contributed by atoms with Gasteiger partial charge in [-0.25, -0.2) is 4.79 Å². The minimum Gasteiger partial charge on any atom is -0.444 e. The summed E-state index contributed by atoms with van der Waals surface area (Å²) in [4.78, 5) is 25.5. The second-order valence-electron chi connectivity index (χ2n) is 6.55. The highest BCUT2D eigenvalue weighted by molar-refractivity contribution is 5.81. The molecule has 1 atom stereocenters. The van der Waals surface area contributed by atoms with Crippen molar-refractivity contribution < 1.29 is 14.3 Å². The Labute approximate surface area is 114 Å². The molecule has 0 aromatic carbocycles. The zero-order chi connectivity index (χ0) is 14.0. The van der Waals surface area contributed by atoms with Crippen molar-refractivity contribution in [2.75, 3.05) is 13.1 Å². The molecule has 0 radical (unpaired) electrons. The van der Waals surface area contributed by atoms with Gasteiger partial charge in [0.2, 0.25) is 5.91 Å². The Balaban J connectivity index is 1.78. The van der Waals surface area contributed by atoms with Crippen LogP contribution in [0.3, 0.4) is 0 Å². The second-order valence-corrected chi connectivity index (χ2v) is 6.55. The van der Waals surface area contributed by atoms with E-state index in [1.165, 1.54) is 6.42 Å². The molecule has 1 saturated carbocycles. The summed E-state index contributed by atoms with van der Waals surface area (Å²) in [6.45, 7) is 6.64. The molecule has 1 N–H and O–H groups in total. The van der Waals surface area contributed by atoms with Crippen LogP contribution in [0.2, 0.25) is 0 Å². The summed E-state index contributed by atoms with van der Waals surface area (Å²) in [6, 6.07) is 0.364. The average molecular weight is 268 g/mol. The SMILES string of the molecule is CC(C)(C)OC(=O)N1CC[C@@H](C(=O)NC2CCC2)C1. The lowest BCUT2D eigenvalue weighted by Gasteiger charge is -2.28. The number of nitrogens with one attached hydrogen (secondary N) is 1. The van der Waals surface area contributed by atoms with Crippen LogP contribution >= 0.6 is 0 Å². The van der Waals surface area contributed by atoms with Crippen molar-refractivity contribution in [3.63, 3.8) is 0 Å². The highest BCUT2D eigenvalue weighted by Crippen LogP contribution is 2.22. The van der Waals surface area contributed by atoms with Gasteiger partial charge in [0.25, 0.3) is 0 Å². The predicted molar refractivity (Wildman–Crippen MR) is 71.7 cm³/mol. The zero-order valence-electron chi connectivity index (χ0n) is 12.1. The van der Waals surface area contributed by atoms with Gasteiger partial charge in [-0.3, -0.25) is 4.79 Å². The van der Waals surface area contributed by atoms with E-state index >= 15 is 0 Å². The minimum absolute atomic E-state index is 0.0758. The molecule has 108 valence electrons. The van der Waals surface area contributed by atoms with Crippen LogP contribution in [0.5, 0.6) is 0 Å². The monoisotopic (exact) mass is 268 g/mol. The standard InChI is InChI=1S/C14H24N2O3/c1-14(2,3)19-13(18)16-8-7-10(9-16)12(17)15-11-5-4-6-11/h10-11H,4-9H2,1-3H3,(H,15,17)/t10-/m1/s1. The molecule has 1 saturated heterocycles. The Bertz CT molecular complexity index is 358. The normalized spacial score (nSPS) is 23.9.